The molecule has 12 heteroatoms. The number of piperidine rings is 1. The van der Waals surface area contributed by atoms with E-state index in [-0.39, 0.29) is 48.3 Å². The second kappa shape index (κ2) is 12.3. The van der Waals surface area contributed by atoms with Crippen LogP contribution in [0.25, 0.3) is 0 Å². The Bertz CT molecular complexity index is 1110. The minimum atomic E-state index is -4.46. The Kier molecular flexibility index (Phi) is 9.06. The third kappa shape index (κ3) is 6.72. The van der Waals surface area contributed by atoms with E-state index in [0.717, 1.165) is 31.4 Å². The van der Waals surface area contributed by atoms with Crippen LogP contribution in [0.15, 0.2) is 24.3 Å². The summed E-state index contributed by atoms with van der Waals surface area (Å²) in [6.07, 6.45) is -2.02. The molecule has 1 amide bonds. The van der Waals surface area contributed by atoms with Crippen LogP contribution >= 0.6 is 0 Å². The highest BCUT2D eigenvalue weighted by Gasteiger charge is 2.32. The van der Waals surface area contributed by atoms with Gasteiger partial charge in [0.25, 0.3) is 5.91 Å². The number of carbonyl (C=O) groups excluding carboxylic acids is 1. The van der Waals surface area contributed by atoms with Crippen molar-refractivity contribution in [2.75, 3.05) is 40.5 Å². The van der Waals surface area contributed by atoms with Gasteiger partial charge in [0, 0.05) is 44.5 Å². The average molecular weight is 539 g/mol. The monoisotopic (exact) mass is 538 g/mol. The summed E-state index contributed by atoms with van der Waals surface area (Å²) in [5.74, 6) is -0.189. The normalized spacial score (nSPS) is 20.8. The zero-order chi connectivity index (χ0) is 27.3. The van der Waals surface area contributed by atoms with Crippen LogP contribution in [-0.2, 0) is 22.3 Å². The number of amides is 1. The molecule has 2 fully saturated rings. The number of likely N-dealkylation sites (tertiary alicyclic amines) is 1. The third-order valence-corrected chi connectivity index (χ3v) is 6.93. The van der Waals surface area contributed by atoms with Crippen LogP contribution in [0.5, 0.6) is 11.9 Å². The van der Waals surface area contributed by atoms with Crippen molar-refractivity contribution in [1.29, 1.82) is 0 Å². The van der Waals surface area contributed by atoms with Crippen molar-refractivity contribution in [3.8, 4) is 11.9 Å². The number of nitrogens with zero attached hydrogens (tertiary/aromatic N) is 3. The van der Waals surface area contributed by atoms with Crippen LogP contribution < -0.4 is 14.8 Å². The molecule has 9 nitrogen and oxygen atoms in total. The van der Waals surface area contributed by atoms with Crippen molar-refractivity contribution in [3.63, 3.8) is 0 Å². The largest absolute Gasteiger partial charge is 0.472 e. The van der Waals surface area contributed by atoms with Crippen LogP contribution in [0, 0.1) is 6.92 Å². The number of rotatable bonds is 8. The molecular formula is C26H33F3N4O5. The Hall–Kier alpha value is -2.96. The molecule has 4 rings (SSSR count). The van der Waals surface area contributed by atoms with Crippen molar-refractivity contribution in [3.05, 3.63) is 46.6 Å². The smallest absolute Gasteiger partial charge is 0.416 e. The van der Waals surface area contributed by atoms with E-state index >= 15 is 0 Å². The number of methoxy groups -OCH3 is 2. The Morgan fingerprint density at radius 1 is 1.18 bits per heavy atom. The molecule has 1 aromatic heterocycles. The van der Waals surface area contributed by atoms with Crippen molar-refractivity contribution in [2.45, 2.75) is 57.2 Å². The average Bonchev–Trinajstić information content (AvgIpc) is 2.92. The van der Waals surface area contributed by atoms with Crippen molar-refractivity contribution in [2.24, 2.45) is 0 Å². The molecule has 2 saturated heterocycles. The van der Waals surface area contributed by atoms with Gasteiger partial charge in [0.2, 0.25) is 5.88 Å². The standard InChI is InChI=1S/C26H33F3N4O5/c1-16-22(24(34)33-10-7-19(8-11-33)30-20-9-12-37-15-21(20)35-2)31-25(36-3)32-23(16)38-14-17-5-4-6-18(13-17)26(27,28)29/h4-6,13,19-21,30H,7-12,14-15H2,1-3H3/t20-,21+/m0/s1. The number of nitrogens with one attached hydrogen (secondary N) is 1. The van der Waals surface area contributed by atoms with E-state index in [4.69, 9.17) is 18.9 Å². The SMILES string of the molecule is COc1nc(OCc2cccc(C(F)(F)F)c2)c(C)c(C(=O)N2CCC(N[C@H]3CCOC[C@H]3OC)CC2)n1. The molecule has 2 atom stereocenters. The molecule has 1 N–H and O–H groups in total. The maximum Gasteiger partial charge on any atom is 0.416 e. The van der Waals surface area contributed by atoms with Crippen LogP contribution in [-0.4, -0.2) is 79.5 Å². The quantitative estimate of drug-likeness (QED) is 0.547. The van der Waals surface area contributed by atoms with E-state index in [1.54, 1.807) is 18.9 Å². The third-order valence-electron chi connectivity index (χ3n) is 6.93. The van der Waals surface area contributed by atoms with Gasteiger partial charge in [0.15, 0.2) is 0 Å². The number of halogens is 3. The lowest BCUT2D eigenvalue weighted by atomic mass is 9.99. The number of hydrogen-bond acceptors (Lipinski definition) is 8. The molecule has 2 aliphatic heterocycles. The Morgan fingerprint density at radius 2 is 1.95 bits per heavy atom. The van der Waals surface area contributed by atoms with Gasteiger partial charge in [-0.3, -0.25) is 4.79 Å². The summed E-state index contributed by atoms with van der Waals surface area (Å²) in [6.45, 7) is 3.84. The van der Waals surface area contributed by atoms with Crippen LogP contribution in [0.1, 0.15) is 46.4 Å². The number of ether oxygens (including phenoxy) is 4. The molecule has 0 unspecified atom stereocenters. The molecule has 38 heavy (non-hydrogen) atoms. The van der Waals surface area contributed by atoms with Crippen molar-refractivity contribution >= 4 is 5.91 Å². The first kappa shape index (κ1) is 28.1. The fraction of sp³-hybridized carbons (Fsp3) is 0.577. The first-order chi connectivity index (χ1) is 18.2. The number of carbonyl (C=O) groups is 1. The van der Waals surface area contributed by atoms with E-state index < -0.39 is 11.7 Å². The molecule has 3 heterocycles. The van der Waals surface area contributed by atoms with Gasteiger partial charge in [-0.1, -0.05) is 12.1 Å². The summed E-state index contributed by atoms with van der Waals surface area (Å²) in [4.78, 5) is 23.6. The van der Waals surface area contributed by atoms with Gasteiger partial charge in [-0.15, -0.1) is 0 Å². The second-order valence-corrected chi connectivity index (χ2v) is 9.45. The molecule has 0 saturated carbocycles. The zero-order valence-electron chi connectivity index (χ0n) is 21.7. The molecule has 0 aliphatic carbocycles. The summed E-state index contributed by atoms with van der Waals surface area (Å²) in [5.41, 5.74) is 0.0951. The summed E-state index contributed by atoms with van der Waals surface area (Å²) in [5, 5.41) is 3.66. The topological polar surface area (TPSA) is 95.0 Å². The minimum Gasteiger partial charge on any atom is -0.472 e. The molecular weight excluding hydrogens is 505 g/mol. The predicted octanol–water partition coefficient (Wildman–Crippen LogP) is 3.39. The molecule has 0 spiro atoms. The maximum absolute atomic E-state index is 13.4. The van der Waals surface area contributed by atoms with Gasteiger partial charge >= 0.3 is 12.2 Å². The molecule has 2 aromatic rings. The van der Waals surface area contributed by atoms with E-state index in [1.807, 2.05) is 0 Å². The maximum atomic E-state index is 13.4. The Morgan fingerprint density at radius 3 is 2.63 bits per heavy atom. The van der Waals surface area contributed by atoms with Crippen molar-refractivity contribution in [1.82, 2.24) is 20.2 Å². The number of hydrogen-bond donors (Lipinski definition) is 1. The Balaban J connectivity index is 1.41. The minimum absolute atomic E-state index is 0.00824. The number of benzene rings is 1. The van der Waals surface area contributed by atoms with Crippen LogP contribution in [0.3, 0.4) is 0 Å². The first-order valence-electron chi connectivity index (χ1n) is 12.6. The van der Waals surface area contributed by atoms with Gasteiger partial charge in [-0.25, -0.2) is 0 Å². The first-order valence-corrected chi connectivity index (χ1v) is 12.6. The summed E-state index contributed by atoms with van der Waals surface area (Å²) < 4.78 is 61.1. The van der Waals surface area contributed by atoms with Gasteiger partial charge in [0.05, 0.1) is 25.4 Å². The fourth-order valence-electron chi connectivity index (χ4n) is 4.74. The lowest BCUT2D eigenvalue weighted by molar-refractivity contribution is -0.137. The molecule has 1 aromatic carbocycles. The number of aromatic nitrogens is 2. The van der Waals surface area contributed by atoms with Crippen LogP contribution in [0.4, 0.5) is 13.2 Å². The number of alkyl halides is 3. The predicted molar refractivity (Wildman–Crippen MR) is 131 cm³/mol. The van der Waals surface area contributed by atoms with Crippen LogP contribution in [0.2, 0.25) is 0 Å². The Labute approximate surface area is 219 Å². The second-order valence-electron chi connectivity index (χ2n) is 9.45. The van der Waals surface area contributed by atoms with E-state index in [9.17, 15) is 18.0 Å². The highest BCUT2D eigenvalue weighted by Crippen LogP contribution is 2.30. The lowest BCUT2D eigenvalue weighted by Gasteiger charge is -2.38. The molecule has 0 radical (unpaired) electrons. The van der Waals surface area contributed by atoms with Gasteiger partial charge in [0.1, 0.15) is 12.3 Å². The fourth-order valence-corrected chi connectivity index (χ4v) is 4.74. The summed E-state index contributed by atoms with van der Waals surface area (Å²) in [6, 6.07) is 5.28. The van der Waals surface area contributed by atoms with Gasteiger partial charge in [-0.2, -0.15) is 23.1 Å². The van der Waals surface area contributed by atoms with Crippen molar-refractivity contribution < 1.29 is 36.9 Å². The highest BCUT2D eigenvalue weighted by molar-refractivity contribution is 5.94. The lowest BCUT2D eigenvalue weighted by Crippen LogP contribution is -2.54. The molecule has 2 aliphatic rings. The van der Waals surface area contributed by atoms with E-state index in [1.165, 1.54) is 19.2 Å². The van der Waals surface area contributed by atoms with Gasteiger partial charge in [-0.05, 0) is 43.9 Å². The van der Waals surface area contributed by atoms with Gasteiger partial charge < -0.3 is 29.2 Å². The van der Waals surface area contributed by atoms with E-state index in [2.05, 4.69) is 15.3 Å². The molecule has 0 bridgehead atoms. The molecule has 208 valence electrons. The zero-order valence-corrected chi connectivity index (χ0v) is 21.7. The van der Waals surface area contributed by atoms with E-state index in [0.29, 0.717) is 37.4 Å². The highest BCUT2D eigenvalue weighted by atomic mass is 19.4. The summed E-state index contributed by atoms with van der Waals surface area (Å²) >= 11 is 0. The summed E-state index contributed by atoms with van der Waals surface area (Å²) in [7, 11) is 3.06.